The average molecular weight is 544 g/mol. The third-order valence-electron chi connectivity index (χ3n) is 0.325. The third-order valence-corrected chi connectivity index (χ3v) is 0.325. The standard InChI is InChI=1S/C4H6N2.C2H6.3HI.V/c1-6-4-2-3-5;1-2;;;;/h2,4,6H,1H3;1-2H3;3*1H;/q;;;;;+3/p-3/b4-2-;;;;;. The van der Waals surface area contributed by atoms with Gasteiger partial charge in [-0.2, -0.15) is 5.26 Å². The number of allylic oxidation sites excluding steroid dienone is 1. The van der Waals surface area contributed by atoms with Crippen LogP contribution in [0.2, 0.25) is 0 Å². The van der Waals surface area contributed by atoms with Crippen molar-refractivity contribution in [2.45, 2.75) is 13.8 Å². The van der Waals surface area contributed by atoms with Crippen molar-refractivity contribution < 1.29 is 4.92 Å². The Morgan fingerprint density at radius 2 is 1.67 bits per heavy atom. The summed E-state index contributed by atoms with van der Waals surface area (Å²) in [7, 11) is 1.74. The Bertz CT molecular complexity index is 120. The molecule has 0 fully saturated rings. The van der Waals surface area contributed by atoms with Crippen LogP contribution in [-0.4, -0.2) is 7.05 Å². The molecule has 0 aliphatic heterocycles. The van der Waals surface area contributed by atoms with Gasteiger partial charge in [0.1, 0.15) is 0 Å². The summed E-state index contributed by atoms with van der Waals surface area (Å²) in [5, 5.41) is 10.5. The summed E-state index contributed by atoms with van der Waals surface area (Å²) in [5.41, 5.74) is 0. The summed E-state index contributed by atoms with van der Waals surface area (Å²) >= 11 is 7.39. The van der Waals surface area contributed by atoms with Crippen LogP contribution in [0.1, 0.15) is 13.8 Å². The van der Waals surface area contributed by atoms with E-state index in [0.717, 1.165) is 0 Å². The van der Waals surface area contributed by atoms with E-state index < -0.39 is 0 Å². The van der Waals surface area contributed by atoms with Gasteiger partial charge in [0.2, 0.25) is 0 Å². The summed E-state index contributed by atoms with van der Waals surface area (Å²) in [5.74, 6) is 0. The van der Waals surface area contributed by atoms with E-state index in [9.17, 15) is 0 Å². The minimum absolute atomic E-state index is 0.278. The van der Waals surface area contributed by atoms with E-state index in [1.807, 2.05) is 19.9 Å². The summed E-state index contributed by atoms with van der Waals surface area (Å²) < 4.78 is 0. The molecule has 0 aliphatic rings. The molecule has 0 saturated heterocycles. The van der Waals surface area contributed by atoms with Gasteiger partial charge in [-0.05, 0) is 0 Å². The van der Waals surface area contributed by atoms with Crippen LogP contribution in [0.25, 0.3) is 0 Å². The first-order chi connectivity index (χ1) is 5.65. The van der Waals surface area contributed by atoms with E-state index in [1.165, 1.54) is 6.08 Å². The molecule has 1 N–H and O–H groups in total. The molecule has 6 heteroatoms. The zero-order valence-corrected chi connectivity index (χ0v) is 15.1. The maximum absolute atomic E-state index is 7.82. The van der Waals surface area contributed by atoms with Crippen molar-refractivity contribution in [2.75, 3.05) is 7.05 Å². The van der Waals surface area contributed by atoms with Crippen LogP contribution in [0.5, 0.6) is 0 Å². The van der Waals surface area contributed by atoms with E-state index in [0.29, 0.717) is 0 Å². The zero-order chi connectivity index (χ0) is 10.4. The number of rotatable bonds is 1. The molecule has 0 aromatic carbocycles. The molecule has 12 heavy (non-hydrogen) atoms. The summed E-state index contributed by atoms with van der Waals surface area (Å²) in [6.45, 7) is 4.00. The van der Waals surface area contributed by atoms with Gasteiger partial charge in [-0.3, -0.25) is 0 Å². The number of nitrogens with zero attached hydrogens (tertiary/aromatic N) is 1. The average Bonchev–Trinajstić information content (AvgIpc) is 2.04. The molecular formula is C6H12I3N2V. The fourth-order valence-electron chi connectivity index (χ4n) is 0.121. The first-order valence-electron chi connectivity index (χ1n) is 3.14. The van der Waals surface area contributed by atoms with Crippen molar-refractivity contribution >= 4 is 59.9 Å². The van der Waals surface area contributed by atoms with E-state index in [-0.39, 0.29) is 4.92 Å². The molecule has 0 radical (unpaired) electrons. The van der Waals surface area contributed by atoms with Crippen LogP contribution < -0.4 is 5.32 Å². The quantitative estimate of drug-likeness (QED) is 0.402. The second-order valence-electron chi connectivity index (χ2n) is 0.943. The third kappa shape index (κ3) is 59.7. The van der Waals surface area contributed by atoms with Gasteiger partial charge in [-0.1, -0.05) is 13.8 Å². The van der Waals surface area contributed by atoms with E-state index >= 15 is 0 Å². The normalized spacial score (nSPS) is 7.50. The first kappa shape index (κ1) is 19.4. The SMILES string of the molecule is CC.CN/C=C\C#N.[I][V]([I])[I]. The fraction of sp³-hybridized carbons (Fsp3) is 0.500. The molecule has 0 aromatic heterocycles. The number of hydrogen-bond acceptors (Lipinski definition) is 2. The molecule has 0 amide bonds. The van der Waals surface area contributed by atoms with Gasteiger partial charge in [-0.15, -0.1) is 0 Å². The van der Waals surface area contributed by atoms with Crippen molar-refractivity contribution in [3.05, 3.63) is 12.3 Å². The van der Waals surface area contributed by atoms with Crippen LogP contribution in [0, 0.1) is 11.3 Å². The minimum atomic E-state index is -0.278. The van der Waals surface area contributed by atoms with Gasteiger partial charge in [0.05, 0.1) is 6.07 Å². The van der Waals surface area contributed by atoms with Crippen molar-refractivity contribution in [1.82, 2.24) is 5.32 Å². The number of halogens is 3. The summed E-state index contributed by atoms with van der Waals surface area (Å²) in [6, 6.07) is 1.83. The Kier molecular flexibility index (Phi) is 37.2. The molecule has 72 valence electrons. The van der Waals surface area contributed by atoms with Crippen molar-refractivity contribution in [3.63, 3.8) is 0 Å². The fourth-order valence-corrected chi connectivity index (χ4v) is 0.121. The predicted octanol–water partition coefficient (Wildman–Crippen LogP) is 3.92. The van der Waals surface area contributed by atoms with Gasteiger partial charge in [0.15, 0.2) is 0 Å². The summed E-state index contributed by atoms with van der Waals surface area (Å²) in [4.78, 5) is -0.278. The van der Waals surface area contributed by atoms with Crippen molar-refractivity contribution in [3.8, 4) is 6.07 Å². The Hall–Kier alpha value is 1.80. The molecule has 2 nitrogen and oxygen atoms in total. The van der Waals surface area contributed by atoms with E-state index in [2.05, 4.69) is 65.3 Å². The van der Waals surface area contributed by atoms with Gasteiger partial charge in [0, 0.05) is 19.3 Å². The second kappa shape index (κ2) is 23.0. The molecule has 0 bridgehead atoms. The van der Waals surface area contributed by atoms with E-state index in [1.54, 1.807) is 13.2 Å². The molecule has 0 rings (SSSR count). The topological polar surface area (TPSA) is 35.8 Å². The predicted molar refractivity (Wildman–Crippen MR) is 77.2 cm³/mol. The maximum atomic E-state index is 7.82. The molecule has 0 heterocycles. The number of nitrogens with one attached hydrogen (secondary N) is 1. The van der Waals surface area contributed by atoms with Crippen molar-refractivity contribution in [1.29, 1.82) is 5.26 Å². The van der Waals surface area contributed by atoms with Crippen molar-refractivity contribution in [2.24, 2.45) is 0 Å². The Morgan fingerprint density at radius 1 is 1.33 bits per heavy atom. The van der Waals surface area contributed by atoms with Crippen LogP contribution in [0.4, 0.5) is 0 Å². The second-order valence-corrected chi connectivity index (χ2v) is 36.3. The zero-order valence-electron chi connectivity index (χ0n) is 7.18. The molecule has 0 aromatic rings. The molecule has 0 aliphatic carbocycles. The van der Waals surface area contributed by atoms with Crippen LogP contribution >= 0.6 is 59.9 Å². The molecule has 0 atom stereocenters. The number of hydrogen-bond donors (Lipinski definition) is 1. The van der Waals surface area contributed by atoms with Gasteiger partial charge >= 0.3 is 64.9 Å². The van der Waals surface area contributed by atoms with Gasteiger partial charge < -0.3 is 5.32 Å². The summed E-state index contributed by atoms with van der Waals surface area (Å²) in [6.07, 6.45) is 2.94. The Balaban J connectivity index is -0.000000118. The number of nitriles is 1. The Labute approximate surface area is 113 Å². The Morgan fingerprint density at radius 3 is 1.75 bits per heavy atom. The molecule has 0 saturated carbocycles. The monoisotopic (exact) mass is 544 g/mol. The van der Waals surface area contributed by atoms with Crippen LogP contribution in [-0.2, 0) is 4.92 Å². The molecular weight excluding hydrogens is 532 g/mol. The van der Waals surface area contributed by atoms with Gasteiger partial charge in [-0.25, -0.2) is 0 Å². The molecule has 0 spiro atoms. The van der Waals surface area contributed by atoms with Crippen LogP contribution in [0.3, 0.4) is 0 Å². The molecule has 0 unspecified atom stereocenters. The van der Waals surface area contributed by atoms with E-state index in [4.69, 9.17) is 5.26 Å². The van der Waals surface area contributed by atoms with Gasteiger partial charge in [0.25, 0.3) is 0 Å². The first-order valence-corrected chi connectivity index (χ1v) is 16.7. The van der Waals surface area contributed by atoms with Crippen LogP contribution in [0.15, 0.2) is 12.3 Å².